The van der Waals surface area contributed by atoms with Crippen LogP contribution in [0.15, 0.2) is 30.3 Å². The van der Waals surface area contributed by atoms with Crippen LogP contribution in [0.1, 0.15) is 19.4 Å². The van der Waals surface area contributed by atoms with Crippen molar-refractivity contribution in [2.75, 3.05) is 13.4 Å². The Hall–Kier alpha value is -0.900. The molecule has 0 amide bonds. The van der Waals surface area contributed by atoms with E-state index in [1.165, 1.54) is 0 Å². The minimum absolute atomic E-state index is 0.000565. The van der Waals surface area contributed by atoms with Crippen molar-refractivity contribution >= 4 is 0 Å². The predicted octanol–water partition coefficient (Wildman–Crippen LogP) is 2.35. The topological polar surface area (TPSA) is 31.0 Å². The number of rotatable bonds is 6. The average molecular weight is 222 g/mol. The molecule has 0 spiro atoms. The van der Waals surface area contributed by atoms with Crippen LogP contribution < -0.4 is 0 Å². The van der Waals surface area contributed by atoms with E-state index in [9.17, 15) is 0 Å². The first-order valence-corrected chi connectivity index (χ1v) is 5.56. The van der Waals surface area contributed by atoms with Gasteiger partial charge < -0.3 is 14.2 Å². The lowest BCUT2D eigenvalue weighted by atomic mass is 10.1. The lowest BCUT2D eigenvalue weighted by molar-refractivity contribution is -0.0651. The van der Waals surface area contributed by atoms with Crippen molar-refractivity contribution in [3.63, 3.8) is 0 Å². The summed E-state index contributed by atoms with van der Waals surface area (Å²) in [6.07, 6.45) is 0.229. The van der Waals surface area contributed by atoms with Crippen LogP contribution in [0.3, 0.4) is 0 Å². The summed E-state index contributed by atoms with van der Waals surface area (Å²) in [6, 6.07) is 10.1. The maximum Gasteiger partial charge on any atom is 0.147 e. The van der Waals surface area contributed by atoms with Gasteiger partial charge in [0.05, 0.1) is 18.8 Å². The van der Waals surface area contributed by atoms with E-state index in [2.05, 4.69) is 13.8 Å². The van der Waals surface area contributed by atoms with Crippen molar-refractivity contribution < 1.29 is 14.2 Å². The van der Waals surface area contributed by atoms with Crippen LogP contribution in [0, 0.1) is 0 Å². The first kappa shape index (κ1) is 11.6. The van der Waals surface area contributed by atoms with Crippen molar-refractivity contribution in [1.29, 1.82) is 0 Å². The highest BCUT2D eigenvalue weighted by Gasteiger charge is 2.47. The van der Waals surface area contributed by atoms with Gasteiger partial charge in [0.2, 0.25) is 0 Å². The van der Waals surface area contributed by atoms with Crippen LogP contribution in [-0.4, -0.2) is 25.1 Å². The molecular weight excluding hydrogens is 204 g/mol. The standard InChI is InChI=1S/C13H18O3/c1-13(2)12(16-13)9-15-10-14-8-11-6-4-3-5-7-11/h3-7,12H,8-10H2,1-2H3. The summed E-state index contributed by atoms with van der Waals surface area (Å²) in [6.45, 7) is 5.65. The van der Waals surface area contributed by atoms with E-state index in [1.807, 2.05) is 30.3 Å². The van der Waals surface area contributed by atoms with Crippen molar-refractivity contribution in [3.05, 3.63) is 35.9 Å². The number of benzene rings is 1. The number of epoxide rings is 1. The van der Waals surface area contributed by atoms with Gasteiger partial charge in [0, 0.05) is 0 Å². The first-order chi connectivity index (χ1) is 7.68. The van der Waals surface area contributed by atoms with Crippen LogP contribution >= 0.6 is 0 Å². The van der Waals surface area contributed by atoms with Crippen molar-refractivity contribution in [2.45, 2.75) is 32.2 Å². The minimum atomic E-state index is -0.000565. The lowest BCUT2D eigenvalue weighted by Crippen LogP contribution is -2.11. The van der Waals surface area contributed by atoms with Gasteiger partial charge in [-0.3, -0.25) is 0 Å². The predicted molar refractivity (Wildman–Crippen MR) is 61.0 cm³/mol. The third-order valence-corrected chi connectivity index (χ3v) is 2.71. The SMILES string of the molecule is CC1(C)OC1COCOCc1ccccc1. The average Bonchev–Trinajstić information content (AvgIpc) is 2.87. The van der Waals surface area contributed by atoms with E-state index < -0.39 is 0 Å². The minimum Gasteiger partial charge on any atom is -0.364 e. The van der Waals surface area contributed by atoms with Gasteiger partial charge >= 0.3 is 0 Å². The van der Waals surface area contributed by atoms with Gasteiger partial charge in [-0.1, -0.05) is 30.3 Å². The molecule has 0 aromatic heterocycles. The van der Waals surface area contributed by atoms with E-state index in [1.54, 1.807) is 0 Å². The number of ether oxygens (including phenoxy) is 3. The summed E-state index contributed by atoms with van der Waals surface area (Å²) in [7, 11) is 0. The Kier molecular flexibility index (Phi) is 3.59. The molecule has 0 N–H and O–H groups in total. The molecule has 1 aliphatic rings. The second kappa shape index (κ2) is 4.95. The fraction of sp³-hybridized carbons (Fsp3) is 0.538. The fourth-order valence-electron chi connectivity index (χ4n) is 1.52. The molecule has 1 atom stereocenters. The Labute approximate surface area is 96.3 Å². The molecular formula is C13H18O3. The van der Waals surface area contributed by atoms with Crippen molar-refractivity contribution in [1.82, 2.24) is 0 Å². The molecule has 1 aliphatic heterocycles. The first-order valence-electron chi connectivity index (χ1n) is 5.56. The molecule has 3 heteroatoms. The van der Waals surface area contributed by atoms with E-state index in [0.29, 0.717) is 20.0 Å². The third kappa shape index (κ3) is 3.30. The zero-order valence-electron chi connectivity index (χ0n) is 9.81. The molecule has 3 nitrogen and oxygen atoms in total. The van der Waals surface area contributed by atoms with Crippen LogP contribution in [0.5, 0.6) is 0 Å². The normalized spacial score (nSPS) is 22.0. The van der Waals surface area contributed by atoms with Crippen LogP contribution in [0.25, 0.3) is 0 Å². The van der Waals surface area contributed by atoms with Gasteiger partial charge in [0.25, 0.3) is 0 Å². The molecule has 1 saturated heterocycles. The Morgan fingerprint density at radius 1 is 1.19 bits per heavy atom. The van der Waals surface area contributed by atoms with E-state index in [4.69, 9.17) is 14.2 Å². The maximum atomic E-state index is 5.39. The molecule has 0 bridgehead atoms. The molecule has 1 heterocycles. The molecule has 1 unspecified atom stereocenters. The summed E-state index contributed by atoms with van der Waals surface area (Å²) in [5.41, 5.74) is 1.16. The lowest BCUT2D eigenvalue weighted by Gasteiger charge is -2.05. The van der Waals surface area contributed by atoms with Crippen molar-refractivity contribution in [2.24, 2.45) is 0 Å². The molecule has 2 rings (SSSR count). The van der Waals surface area contributed by atoms with Crippen LogP contribution in [-0.2, 0) is 20.8 Å². The van der Waals surface area contributed by atoms with Crippen molar-refractivity contribution in [3.8, 4) is 0 Å². The van der Waals surface area contributed by atoms with Gasteiger partial charge in [-0.25, -0.2) is 0 Å². The summed E-state index contributed by atoms with van der Waals surface area (Å²) >= 11 is 0. The second-order valence-corrected chi connectivity index (χ2v) is 4.53. The van der Waals surface area contributed by atoms with E-state index in [-0.39, 0.29) is 11.7 Å². The monoisotopic (exact) mass is 222 g/mol. The molecule has 0 saturated carbocycles. The van der Waals surface area contributed by atoms with Gasteiger partial charge in [0.1, 0.15) is 12.9 Å². The summed E-state index contributed by atoms with van der Waals surface area (Å²) in [5, 5.41) is 0. The Morgan fingerprint density at radius 2 is 1.88 bits per heavy atom. The summed E-state index contributed by atoms with van der Waals surface area (Å²) in [4.78, 5) is 0. The Bertz CT molecular complexity index is 321. The van der Waals surface area contributed by atoms with Gasteiger partial charge in [-0.2, -0.15) is 0 Å². The van der Waals surface area contributed by atoms with Crippen LogP contribution in [0.2, 0.25) is 0 Å². The zero-order chi connectivity index (χ0) is 11.4. The third-order valence-electron chi connectivity index (χ3n) is 2.71. The summed E-state index contributed by atoms with van der Waals surface area (Å²) < 4.78 is 16.1. The molecule has 1 aromatic carbocycles. The molecule has 16 heavy (non-hydrogen) atoms. The Balaban J connectivity index is 1.53. The van der Waals surface area contributed by atoms with E-state index >= 15 is 0 Å². The highest BCUT2D eigenvalue weighted by atomic mass is 16.7. The largest absolute Gasteiger partial charge is 0.364 e. The molecule has 0 aliphatic carbocycles. The Morgan fingerprint density at radius 3 is 2.50 bits per heavy atom. The smallest absolute Gasteiger partial charge is 0.147 e. The quantitative estimate of drug-likeness (QED) is 0.420. The maximum absolute atomic E-state index is 5.39. The molecule has 88 valence electrons. The molecule has 0 radical (unpaired) electrons. The number of hydrogen-bond acceptors (Lipinski definition) is 3. The van der Waals surface area contributed by atoms with Gasteiger partial charge in [-0.15, -0.1) is 0 Å². The summed E-state index contributed by atoms with van der Waals surface area (Å²) in [5.74, 6) is 0. The van der Waals surface area contributed by atoms with E-state index in [0.717, 1.165) is 5.56 Å². The zero-order valence-corrected chi connectivity index (χ0v) is 9.81. The highest BCUT2D eigenvalue weighted by Crippen LogP contribution is 2.35. The van der Waals surface area contributed by atoms with Gasteiger partial charge in [-0.05, 0) is 19.4 Å². The fourth-order valence-corrected chi connectivity index (χ4v) is 1.52. The van der Waals surface area contributed by atoms with Gasteiger partial charge in [0.15, 0.2) is 0 Å². The number of hydrogen-bond donors (Lipinski definition) is 0. The second-order valence-electron chi connectivity index (χ2n) is 4.53. The van der Waals surface area contributed by atoms with Crippen LogP contribution in [0.4, 0.5) is 0 Å². The molecule has 1 fully saturated rings. The highest BCUT2D eigenvalue weighted by molar-refractivity contribution is 5.13. The molecule has 1 aromatic rings.